The second kappa shape index (κ2) is 8.26. The van der Waals surface area contributed by atoms with Crippen LogP contribution in [-0.4, -0.2) is 53.8 Å². The van der Waals surface area contributed by atoms with Crippen molar-refractivity contribution < 1.29 is 9.59 Å². The highest BCUT2D eigenvalue weighted by atomic mass is 79.9. The van der Waals surface area contributed by atoms with E-state index in [0.29, 0.717) is 21.7 Å². The molecule has 9 heteroatoms. The molecule has 0 aromatic heterocycles. The number of thiocarbonyl (C=S) groups is 2. The summed E-state index contributed by atoms with van der Waals surface area (Å²) in [6.45, 7) is 4.90. The lowest BCUT2D eigenvalue weighted by Gasteiger charge is -2.26. The lowest BCUT2D eigenvalue weighted by Crippen LogP contribution is -2.40. The van der Waals surface area contributed by atoms with Crippen LogP contribution in [0.4, 0.5) is 0 Å². The quantitative estimate of drug-likeness (QED) is 0.582. The molecule has 26 heavy (non-hydrogen) atoms. The van der Waals surface area contributed by atoms with Gasteiger partial charge >= 0.3 is 0 Å². The number of halogens is 1. The number of rotatable bonds is 5. The van der Waals surface area contributed by atoms with Crippen molar-refractivity contribution in [1.29, 1.82) is 0 Å². The summed E-state index contributed by atoms with van der Waals surface area (Å²) in [4.78, 5) is 29.2. The van der Waals surface area contributed by atoms with Crippen molar-refractivity contribution in [1.82, 2.24) is 9.80 Å². The van der Waals surface area contributed by atoms with Crippen LogP contribution in [0.25, 0.3) is 0 Å². The molecule has 0 saturated carbocycles. The zero-order chi connectivity index (χ0) is 19.0. The van der Waals surface area contributed by atoms with Crippen molar-refractivity contribution >= 4 is 84.3 Å². The van der Waals surface area contributed by atoms with Gasteiger partial charge < -0.3 is 0 Å². The molecule has 138 valence electrons. The Morgan fingerprint density at radius 1 is 0.962 bits per heavy atom. The Labute approximate surface area is 180 Å². The van der Waals surface area contributed by atoms with E-state index in [9.17, 15) is 9.59 Å². The van der Waals surface area contributed by atoms with E-state index in [1.807, 2.05) is 38.1 Å². The largest absolute Gasteiger partial charge is 0.297 e. The molecule has 2 amide bonds. The predicted octanol–water partition coefficient (Wildman–Crippen LogP) is 4.03. The summed E-state index contributed by atoms with van der Waals surface area (Å²) in [6, 6.07) is 7.79. The van der Waals surface area contributed by atoms with Crippen LogP contribution in [0.3, 0.4) is 0 Å². The molecule has 4 nitrogen and oxygen atoms in total. The monoisotopic (exact) mass is 488 g/mol. The van der Waals surface area contributed by atoms with Crippen LogP contribution in [0.5, 0.6) is 0 Å². The molecule has 0 bridgehead atoms. The fourth-order valence-electron chi connectivity index (χ4n) is 3.15. The average molecular weight is 490 g/mol. The van der Waals surface area contributed by atoms with E-state index in [0.717, 1.165) is 10.0 Å². The number of thioether (sulfide) groups is 2. The topological polar surface area (TPSA) is 40.6 Å². The number of hydrogen-bond acceptors (Lipinski definition) is 6. The molecular weight excluding hydrogens is 472 g/mol. The van der Waals surface area contributed by atoms with Crippen LogP contribution in [0.2, 0.25) is 0 Å². The van der Waals surface area contributed by atoms with Crippen LogP contribution in [0.1, 0.15) is 25.3 Å². The first-order valence-corrected chi connectivity index (χ1v) is 11.5. The van der Waals surface area contributed by atoms with Crippen LogP contribution in [0.15, 0.2) is 28.7 Å². The second-order valence-electron chi connectivity index (χ2n) is 5.85. The van der Waals surface area contributed by atoms with E-state index in [4.69, 9.17) is 24.4 Å². The fourth-order valence-corrected chi connectivity index (χ4v) is 7.08. The van der Waals surface area contributed by atoms with E-state index in [2.05, 4.69) is 15.9 Å². The first-order valence-electron chi connectivity index (χ1n) is 8.18. The van der Waals surface area contributed by atoms with Gasteiger partial charge in [-0.2, -0.15) is 0 Å². The molecule has 2 fully saturated rings. The number of nitrogens with zero attached hydrogens (tertiary/aromatic N) is 2. The third-order valence-electron chi connectivity index (χ3n) is 4.45. The molecule has 0 aliphatic carbocycles. The number of carbonyl (C=O) groups is 2. The zero-order valence-corrected chi connectivity index (χ0v) is 19.0. The van der Waals surface area contributed by atoms with E-state index >= 15 is 0 Å². The number of benzene rings is 1. The minimum Gasteiger partial charge on any atom is -0.297 e. The Balaban J connectivity index is 2.02. The van der Waals surface area contributed by atoms with Crippen LogP contribution in [0, 0.1) is 0 Å². The van der Waals surface area contributed by atoms with Gasteiger partial charge in [0.1, 0.15) is 8.64 Å². The third kappa shape index (κ3) is 3.61. The van der Waals surface area contributed by atoms with Crippen LogP contribution < -0.4 is 0 Å². The number of hydrogen-bond donors (Lipinski definition) is 0. The highest BCUT2D eigenvalue weighted by molar-refractivity contribution is 9.10. The first kappa shape index (κ1) is 20.3. The van der Waals surface area contributed by atoms with Crippen molar-refractivity contribution in [3.8, 4) is 0 Å². The third-order valence-corrected chi connectivity index (χ3v) is 8.34. The number of carbonyl (C=O) groups excluding carboxylic acids is 2. The highest BCUT2D eigenvalue weighted by Crippen LogP contribution is 2.46. The van der Waals surface area contributed by atoms with E-state index < -0.39 is 10.5 Å². The van der Waals surface area contributed by atoms with Gasteiger partial charge in [-0.05, 0) is 31.5 Å². The standard InChI is InChI=1S/C17H17BrN2O2S4/c1-3-19-14(21)12(25-16(19)23)11(9-5-7-10(18)8-6-9)13-15(22)20(4-2)17(24)26-13/h5-8,11-13H,3-4H2,1-2H3/t11?,12-,13+. The summed E-state index contributed by atoms with van der Waals surface area (Å²) in [7, 11) is 0. The van der Waals surface area contributed by atoms with Gasteiger partial charge in [0.15, 0.2) is 0 Å². The molecule has 0 spiro atoms. The lowest BCUT2D eigenvalue weighted by atomic mass is 9.90. The van der Waals surface area contributed by atoms with Gasteiger partial charge in [-0.1, -0.05) is 76.0 Å². The van der Waals surface area contributed by atoms with Gasteiger partial charge in [0.25, 0.3) is 0 Å². The van der Waals surface area contributed by atoms with Gasteiger partial charge in [-0.3, -0.25) is 19.4 Å². The summed E-state index contributed by atoms with van der Waals surface area (Å²) in [5, 5.41) is -0.825. The van der Waals surface area contributed by atoms with Crippen molar-refractivity contribution in [2.45, 2.75) is 30.3 Å². The summed E-state index contributed by atoms with van der Waals surface area (Å²) in [5.41, 5.74) is 0.950. The molecule has 2 heterocycles. The first-order chi connectivity index (χ1) is 12.4. The van der Waals surface area contributed by atoms with Gasteiger partial charge in [0.05, 0.1) is 10.5 Å². The Morgan fingerprint density at radius 2 is 1.38 bits per heavy atom. The Bertz CT molecular complexity index is 729. The molecular formula is C17H17BrN2O2S4. The van der Waals surface area contributed by atoms with Crippen LogP contribution in [-0.2, 0) is 9.59 Å². The normalized spacial score (nSPS) is 24.7. The maximum absolute atomic E-state index is 13.0. The molecule has 1 aromatic rings. The van der Waals surface area contributed by atoms with E-state index in [-0.39, 0.29) is 17.7 Å². The van der Waals surface area contributed by atoms with E-state index in [1.54, 1.807) is 9.80 Å². The Kier molecular flexibility index (Phi) is 6.44. The summed E-state index contributed by atoms with van der Waals surface area (Å²) >= 11 is 17.0. The molecule has 2 saturated heterocycles. The lowest BCUT2D eigenvalue weighted by molar-refractivity contribution is -0.127. The zero-order valence-electron chi connectivity index (χ0n) is 14.2. The average Bonchev–Trinajstić information content (AvgIpc) is 3.05. The molecule has 2 aliphatic heterocycles. The smallest absolute Gasteiger partial charge is 0.242 e. The minimum atomic E-state index is -0.412. The van der Waals surface area contributed by atoms with Gasteiger partial charge in [-0.15, -0.1) is 0 Å². The van der Waals surface area contributed by atoms with E-state index in [1.165, 1.54) is 23.5 Å². The molecule has 1 unspecified atom stereocenters. The van der Waals surface area contributed by atoms with Crippen molar-refractivity contribution in [2.24, 2.45) is 0 Å². The second-order valence-corrected chi connectivity index (χ2v) is 10.3. The minimum absolute atomic E-state index is 0.0234. The van der Waals surface area contributed by atoms with Gasteiger partial charge in [0, 0.05) is 23.5 Å². The molecule has 3 rings (SSSR count). The highest BCUT2D eigenvalue weighted by Gasteiger charge is 2.50. The Hall–Kier alpha value is -0.480. The molecule has 2 aliphatic rings. The fraction of sp³-hybridized carbons (Fsp3) is 0.412. The van der Waals surface area contributed by atoms with Gasteiger partial charge in [0.2, 0.25) is 11.8 Å². The molecule has 1 aromatic carbocycles. The maximum Gasteiger partial charge on any atom is 0.242 e. The maximum atomic E-state index is 13.0. The van der Waals surface area contributed by atoms with Crippen LogP contribution >= 0.6 is 63.9 Å². The van der Waals surface area contributed by atoms with Gasteiger partial charge in [-0.25, -0.2) is 0 Å². The SMILES string of the molecule is CCN1C(=O)[C@H](C(c2ccc(Br)cc2)[C@H]2SC(=S)N(CC)C2=O)SC1=S. The summed E-state index contributed by atoms with van der Waals surface area (Å²) in [6.07, 6.45) is 0. The molecule has 0 radical (unpaired) electrons. The molecule has 0 N–H and O–H groups in total. The molecule has 3 atom stereocenters. The van der Waals surface area contributed by atoms with Crippen molar-refractivity contribution in [3.05, 3.63) is 34.3 Å². The summed E-state index contributed by atoms with van der Waals surface area (Å²) in [5.74, 6) is -0.337. The Morgan fingerprint density at radius 3 is 1.73 bits per heavy atom. The summed E-state index contributed by atoms with van der Waals surface area (Å²) < 4.78 is 2.11. The van der Waals surface area contributed by atoms with Crippen molar-refractivity contribution in [2.75, 3.05) is 13.1 Å². The predicted molar refractivity (Wildman–Crippen MR) is 120 cm³/mol. The van der Waals surface area contributed by atoms with Crippen molar-refractivity contribution in [3.63, 3.8) is 0 Å². The number of amides is 2.